The van der Waals surface area contributed by atoms with Crippen molar-refractivity contribution in [3.8, 4) is 5.75 Å². The highest BCUT2D eigenvalue weighted by Gasteiger charge is 2.35. The van der Waals surface area contributed by atoms with Crippen LogP contribution in [-0.2, 0) is 18.6 Å². The SMILES string of the molecule is C=CCCCCP(=O)(OC[C@H]1COC(C)(C)O1)Oc1ccc([N+](=O)[O-])cc1. The largest absolute Gasteiger partial charge is 0.424 e. The third kappa shape index (κ3) is 7.07. The monoisotopic (exact) mass is 399 g/mol. The smallest absolute Gasteiger partial charge is 0.379 e. The molecule has 0 radical (unpaired) electrons. The summed E-state index contributed by atoms with van der Waals surface area (Å²) in [7, 11) is -3.45. The molecule has 1 unspecified atom stereocenters. The molecule has 2 atom stereocenters. The second-order valence-corrected chi connectivity index (χ2v) is 8.82. The zero-order valence-electron chi connectivity index (χ0n) is 15.7. The van der Waals surface area contributed by atoms with Crippen molar-refractivity contribution >= 4 is 13.3 Å². The molecule has 2 rings (SSSR count). The number of rotatable bonds is 11. The Kier molecular flexibility index (Phi) is 7.56. The molecule has 27 heavy (non-hydrogen) atoms. The minimum absolute atomic E-state index is 0.0668. The first-order chi connectivity index (χ1) is 12.7. The fourth-order valence-corrected chi connectivity index (χ4v) is 4.28. The van der Waals surface area contributed by atoms with E-state index in [-0.39, 0.29) is 30.3 Å². The van der Waals surface area contributed by atoms with Crippen LogP contribution in [0.15, 0.2) is 36.9 Å². The molecule has 1 aromatic rings. The fourth-order valence-electron chi connectivity index (χ4n) is 2.56. The van der Waals surface area contributed by atoms with E-state index in [0.29, 0.717) is 13.0 Å². The second-order valence-electron chi connectivity index (χ2n) is 6.71. The summed E-state index contributed by atoms with van der Waals surface area (Å²) in [5, 5.41) is 10.8. The van der Waals surface area contributed by atoms with Crippen molar-refractivity contribution in [2.75, 3.05) is 19.4 Å². The summed E-state index contributed by atoms with van der Waals surface area (Å²) in [6, 6.07) is 5.42. The number of benzene rings is 1. The van der Waals surface area contributed by atoms with Crippen LogP contribution in [0, 0.1) is 10.1 Å². The minimum Gasteiger partial charge on any atom is -0.424 e. The van der Waals surface area contributed by atoms with Crippen molar-refractivity contribution in [2.45, 2.75) is 45.0 Å². The van der Waals surface area contributed by atoms with Crippen molar-refractivity contribution < 1.29 is 28.0 Å². The number of nitrogens with zero attached hydrogens (tertiary/aromatic N) is 1. The predicted molar refractivity (Wildman–Crippen MR) is 101 cm³/mol. The predicted octanol–water partition coefficient (Wildman–Crippen LogP) is 4.69. The van der Waals surface area contributed by atoms with Gasteiger partial charge in [0, 0.05) is 12.1 Å². The molecule has 0 aromatic heterocycles. The molecule has 1 aliphatic heterocycles. The second kappa shape index (κ2) is 9.46. The molecule has 8 nitrogen and oxygen atoms in total. The van der Waals surface area contributed by atoms with Gasteiger partial charge in [0.2, 0.25) is 0 Å². The summed E-state index contributed by atoms with van der Waals surface area (Å²) >= 11 is 0. The lowest BCUT2D eigenvalue weighted by Crippen LogP contribution is -2.24. The summed E-state index contributed by atoms with van der Waals surface area (Å²) < 4.78 is 35.6. The first-order valence-corrected chi connectivity index (χ1v) is 10.6. The Morgan fingerprint density at radius 3 is 2.63 bits per heavy atom. The van der Waals surface area contributed by atoms with Gasteiger partial charge in [-0.2, -0.15) is 0 Å². The standard InChI is InChI=1S/C18H26NO7P/c1-4-5-6-7-12-27(22,24-14-17-13-23-18(2,3)25-17)26-16-10-8-15(9-11-16)19(20)21/h4,8-11,17H,1,5-7,12-14H2,2-3H3/t17-,27?/m1/s1. The molecule has 0 aliphatic carbocycles. The van der Waals surface area contributed by atoms with Crippen LogP contribution in [-0.4, -0.2) is 36.2 Å². The zero-order chi connectivity index (χ0) is 19.9. The van der Waals surface area contributed by atoms with E-state index in [1.54, 1.807) is 19.9 Å². The van der Waals surface area contributed by atoms with Gasteiger partial charge in [-0.25, -0.2) is 4.57 Å². The van der Waals surface area contributed by atoms with Gasteiger partial charge in [-0.05, 0) is 45.2 Å². The number of non-ortho nitro benzene ring substituents is 1. The molecule has 1 heterocycles. The summed E-state index contributed by atoms with van der Waals surface area (Å²) in [4.78, 5) is 10.2. The van der Waals surface area contributed by atoms with Crippen molar-refractivity contribution in [2.24, 2.45) is 0 Å². The Hall–Kier alpha value is -1.73. The highest BCUT2D eigenvalue weighted by Crippen LogP contribution is 2.49. The average molecular weight is 399 g/mol. The molecule has 0 amide bonds. The molecular weight excluding hydrogens is 373 g/mol. The summed E-state index contributed by atoms with van der Waals surface area (Å²) in [6.45, 7) is 7.70. The topological polar surface area (TPSA) is 97.1 Å². The van der Waals surface area contributed by atoms with E-state index in [1.165, 1.54) is 24.3 Å². The number of hydrogen-bond acceptors (Lipinski definition) is 7. The van der Waals surface area contributed by atoms with Crippen molar-refractivity contribution in [1.29, 1.82) is 0 Å². The molecule has 1 fully saturated rings. The summed E-state index contributed by atoms with van der Waals surface area (Å²) in [5.74, 6) is -0.433. The maximum absolute atomic E-state index is 13.2. The Morgan fingerprint density at radius 1 is 1.37 bits per heavy atom. The maximum atomic E-state index is 13.2. The Bertz CT molecular complexity index is 689. The van der Waals surface area contributed by atoms with Crippen molar-refractivity contribution in [3.05, 3.63) is 47.0 Å². The number of unbranched alkanes of at least 4 members (excludes halogenated alkanes) is 2. The lowest BCUT2D eigenvalue weighted by atomic mass is 10.2. The number of ether oxygens (including phenoxy) is 2. The van der Waals surface area contributed by atoms with Crippen LogP contribution < -0.4 is 4.52 Å². The van der Waals surface area contributed by atoms with Gasteiger partial charge < -0.3 is 14.0 Å². The van der Waals surface area contributed by atoms with Gasteiger partial charge in [-0.1, -0.05) is 6.08 Å². The third-order valence-corrected chi connectivity index (χ3v) is 5.80. The van der Waals surface area contributed by atoms with E-state index >= 15 is 0 Å². The van der Waals surface area contributed by atoms with Gasteiger partial charge in [0.15, 0.2) is 5.79 Å². The van der Waals surface area contributed by atoms with Crippen molar-refractivity contribution in [1.82, 2.24) is 0 Å². The molecule has 0 spiro atoms. The molecule has 0 bridgehead atoms. The van der Waals surface area contributed by atoms with E-state index in [4.69, 9.17) is 18.5 Å². The number of allylic oxidation sites excluding steroid dienone is 1. The Morgan fingerprint density at radius 2 is 2.07 bits per heavy atom. The Balaban J connectivity index is 2.01. The van der Waals surface area contributed by atoms with Gasteiger partial charge in [0.05, 0.1) is 24.3 Å². The third-order valence-electron chi connectivity index (χ3n) is 3.91. The summed E-state index contributed by atoms with van der Waals surface area (Å²) in [6.07, 6.45) is 3.97. The van der Waals surface area contributed by atoms with Gasteiger partial charge in [-0.15, -0.1) is 6.58 Å². The van der Waals surface area contributed by atoms with Crippen LogP contribution in [0.3, 0.4) is 0 Å². The average Bonchev–Trinajstić information content (AvgIpc) is 2.97. The molecular formula is C18H26NO7P. The van der Waals surface area contributed by atoms with E-state index in [1.807, 2.05) is 0 Å². The first kappa shape index (κ1) is 21.6. The van der Waals surface area contributed by atoms with Crippen LogP contribution >= 0.6 is 7.60 Å². The normalized spacial score (nSPS) is 20.7. The van der Waals surface area contributed by atoms with E-state index in [0.717, 1.165) is 12.8 Å². The zero-order valence-corrected chi connectivity index (χ0v) is 16.6. The highest BCUT2D eigenvalue weighted by molar-refractivity contribution is 7.54. The quantitative estimate of drug-likeness (QED) is 0.175. The Labute approximate surface area is 159 Å². The van der Waals surface area contributed by atoms with Crippen LogP contribution in [0.25, 0.3) is 0 Å². The molecule has 0 saturated carbocycles. The molecule has 1 aliphatic rings. The van der Waals surface area contributed by atoms with Crippen LogP contribution in [0.1, 0.15) is 33.1 Å². The van der Waals surface area contributed by atoms with Gasteiger partial charge >= 0.3 is 7.60 Å². The van der Waals surface area contributed by atoms with Crippen molar-refractivity contribution in [3.63, 3.8) is 0 Å². The van der Waals surface area contributed by atoms with Crippen LogP contribution in [0.4, 0.5) is 5.69 Å². The number of nitro groups is 1. The van der Waals surface area contributed by atoms with Crippen LogP contribution in [0.5, 0.6) is 5.75 Å². The number of hydrogen-bond donors (Lipinski definition) is 0. The first-order valence-electron chi connectivity index (χ1n) is 8.83. The lowest BCUT2D eigenvalue weighted by Gasteiger charge is -2.22. The van der Waals surface area contributed by atoms with E-state index < -0.39 is 18.3 Å². The fraction of sp³-hybridized carbons (Fsp3) is 0.556. The molecule has 150 valence electrons. The minimum atomic E-state index is -3.45. The van der Waals surface area contributed by atoms with Gasteiger partial charge in [-0.3, -0.25) is 14.6 Å². The van der Waals surface area contributed by atoms with E-state index in [9.17, 15) is 14.7 Å². The highest BCUT2D eigenvalue weighted by atomic mass is 31.2. The van der Waals surface area contributed by atoms with Gasteiger partial charge in [0.1, 0.15) is 11.9 Å². The molecule has 9 heteroatoms. The summed E-state index contributed by atoms with van der Waals surface area (Å²) in [5.41, 5.74) is -0.0668. The maximum Gasteiger partial charge on any atom is 0.379 e. The molecule has 1 saturated heterocycles. The molecule has 0 N–H and O–H groups in total. The molecule has 1 aromatic carbocycles. The van der Waals surface area contributed by atoms with Gasteiger partial charge in [0.25, 0.3) is 5.69 Å². The van der Waals surface area contributed by atoms with E-state index in [2.05, 4.69) is 6.58 Å². The van der Waals surface area contributed by atoms with Crippen LogP contribution in [0.2, 0.25) is 0 Å². The number of nitro benzene ring substituents is 1. The lowest BCUT2D eigenvalue weighted by molar-refractivity contribution is -0.384.